The zero-order chi connectivity index (χ0) is 25.8. The number of carbonyl (C=O) groups excluding carboxylic acids is 3. The summed E-state index contributed by atoms with van der Waals surface area (Å²) in [5.41, 5.74) is 0.256. The molecule has 6 nitrogen and oxygen atoms in total. The summed E-state index contributed by atoms with van der Waals surface area (Å²) in [5.74, 6) is 0.770. The normalized spacial score (nSPS) is 20.7. The number of fused-ring (bicyclic) bond motifs is 1. The second-order valence-electron chi connectivity index (χ2n) is 11.0. The van der Waals surface area contributed by atoms with Crippen LogP contribution in [0.1, 0.15) is 91.0 Å². The van der Waals surface area contributed by atoms with E-state index in [9.17, 15) is 19.5 Å². The first kappa shape index (κ1) is 30.6. The van der Waals surface area contributed by atoms with Gasteiger partial charge in [0.05, 0.1) is 0 Å². The maximum Gasteiger partial charge on any atom is 1.00 e. The average molecular weight is 489 g/mol. The van der Waals surface area contributed by atoms with Gasteiger partial charge in [0.25, 0.3) is 11.8 Å². The van der Waals surface area contributed by atoms with E-state index in [1.54, 1.807) is 37.2 Å². The summed E-state index contributed by atoms with van der Waals surface area (Å²) in [7, 11) is 3.40. The van der Waals surface area contributed by atoms with Gasteiger partial charge in [0.1, 0.15) is 0 Å². The zero-order valence-corrected chi connectivity index (χ0v) is 22.6. The Hall–Kier alpha value is -1.61. The van der Waals surface area contributed by atoms with Gasteiger partial charge in [-0.25, -0.2) is 0 Å². The van der Waals surface area contributed by atoms with Crippen LogP contribution >= 0.6 is 0 Å². The molecule has 0 bridgehead atoms. The monoisotopic (exact) mass is 488 g/mol. The van der Waals surface area contributed by atoms with Crippen LogP contribution in [0.5, 0.6) is 0 Å². The fraction of sp³-hybridized carbons (Fsp3) is 0.621. The van der Waals surface area contributed by atoms with Gasteiger partial charge in [0, 0.05) is 43.9 Å². The van der Waals surface area contributed by atoms with Crippen molar-refractivity contribution in [2.45, 2.75) is 76.9 Å². The summed E-state index contributed by atoms with van der Waals surface area (Å²) in [6, 6.07) is 5.25. The van der Waals surface area contributed by atoms with E-state index < -0.39 is 11.0 Å². The molecule has 0 spiro atoms. The Labute approximate surface area is 229 Å². The first-order valence-electron chi connectivity index (χ1n) is 12.9. The van der Waals surface area contributed by atoms with E-state index in [0.717, 1.165) is 43.6 Å². The maximum atomic E-state index is 12.9. The third kappa shape index (κ3) is 6.44. The number of hydrogen-bond donors (Lipinski definition) is 1. The maximum absolute atomic E-state index is 12.9. The third-order valence-corrected chi connectivity index (χ3v) is 8.21. The molecule has 1 aliphatic heterocycles. The summed E-state index contributed by atoms with van der Waals surface area (Å²) in [6.07, 6.45) is 11.2. The van der Waals surface area contributed by atoms with E-state index in [2.05, 4.69) is 13.8 Å². The van der Waals surface area contributed by atoms with Crippen molar-refractivity contribution in [2.24, 2.45) is 17.3 Å². The van der Waals surface area contributed by atoms with Crippen LogP contribution in [0.15, 0.2) is 18.2 Å². The van der Waals surface area contributed by atoms with Gasteiger partial charge in [-0.3, -0.25) is 15.9 Å². The predicted molar refractivity (Wildman–Crippen MR) is 137 cm³/mol. The molecule has 2 fully saturated rings. The molecule has 2 amide bonds. The molecule has 7 heteroatoms. The Morgan fingerprint density at radius 3 is 2.42 bits per heavy atom. The minimum atomic E-state index is -1.12. The molecule has 1 aromatic rings. The second kappa shape index (κ2) is 12.8. The number of carbonyl (C=O) groups is 2. The fourth-order valence-corrected chi connectivity index (χ4v) is 5.58. The van der Waals surface area contributed by atoms with Crippen molar-refractivity contribution in [3.05, 3.63) is 48.7 Å². The van der Waals surface area contributed by atoms with Gasteiger partial charge in [0.2, 0.25) is 0 Å². The number of hydrogen-bond acceptors (Lipinski definition) is 4. The molecule has 2 atom stereocenters. The fourth-order valence-electron chi connectivity index (χ4n) is 5.58. The van der Waals surface area contributed by atoms with Crippen LogP contribution in [0.3, 0.4) is 0 Å². The van der Waals surface area contributed by atoms with Crippen molar-refractivity contribution in [2.75, 3.05) is 20.6 Å². The molecule has 36 heavy (non-hydrogen) atoms. The number of β-amino-alcohol motifs (C(OH)–C–C–N with tert-alkyl or cyclic N) is 1. The Balaban J connectivity index is 0.000000386. The molecule has 1 heterocycles. The standard InChI is InChI=1S/C21H28N2O3.C8H13O.Li/c1-5-21(26,20(2)11-6-7-12-20)14-23-13-17-15(18(24)22(3)4)9-8-10-16(17)19(23)25;1-7(6-9)5-8-3-2-4-8;/h8-10,26H,1-2,5-7,11-14H2,3-4H3;7-8H,2-5H2,1H3;/q-2;-1;+1/t21-;;/m1../s1. The molecule has 2 saturated carbocycles. The zero-order valence-electron chi connectivity index (χ0n) is 22.6. The van der Waals surface area contributed by atoms with Gasteiger partial charge in [-0.15, -0.1) is 11.3 Å². The molecule has 0 saturated heterocycles. The molecule has 0 aromatic heterocycles. The summed E-state index contributed by atoms with van der Waals surface area (Å²) in [6.45, 7) is 10.7. The molecular weight excluding hydrogens is 447 g/mol. The minimum absolute atomic E-state index is 0. The quantitative estimate of drug-likeness (QED) is 0.446. The molecule has 194 valence electrons. The van der Waals surface area contributed by atoms with Crippen LogP contribution in [-0.2, 0) is 11.3 Å². The van der Waals surface area contributed by atoms with Crippen molar-refractivity contribution in [1.82, 2.24) is 9.80 Å². The summed E-state index contributed by atoms with van der Waals surface area (Å²) >= 11 is 0. The van der Waals surface area contributed by atoms with Crippen molar-refractivity contribution in [3.8, 4) is 0 Å². The molecule has 1 N–H and O–H groups in total. The number of benzene rings is 1. The molecule has 3 aliphatic rings. The molecule has 0 radical (unpaired) electrons. The third-order valence-electron chi connectivity index (χ3n) is 8.21. The average Bonchev–Trinajstić information content (AvgIpc) is 3.40. The van der Waals surface area contributed by atoms with Gasteiger partial charge in [-0.2, -0.15) is 6.42 Å². The predicted octanol–water partition coefficient (Wildman–Crippen LogP) is 1.62. The number of aliphatic hydroxyl groups is 1. The number of nitrogens with zero attached hydrogens (tertiary/aromatic N) is 2. The smallest absolute Gasteiger partial charge is 0.542 e. The first-order valence-corrected chi connectivity index (χ1v) is 12.9. The van der Waals surface area contributed by atoms with Gasteiger partial charge >= 0.3 is 18.9 Å². The van der Waals surface area contributed by atoms with Crippen LogP contribution in [0.2, 0.25) is 0 Å². The summed E-state index contributed by atoms with van der Waals surface area (Å²) in [5, 5.41) is 11.3. The molecule has 1 unspecified atom stereocenters. The van der Waals surface area contributed by atoms with E-state index in [1.807, 2.05) is 13.2 Å². The molecule has 4 rings (SSSR count). The van der Waals surface area contributed by atoms with Crippen molar-refractivity contribution in [3.63, 3.8) is 0 Å². The van der Waals surface area contributed by atoms with Crippen LogP contribution < -0.4 is 18.9 Å². The van der Waals surface area contributed by atoms with Crippen molar-refractivity contribution in [1.29, 1.82) is 0 Å². The van der Waals surface area contributed by atoms with Crippen LogP contribution in [0, 0.1) is 31.1 Å². The molecule has 1 aromatic carbocycles. The topological polar surface area (TPSA) is 77.9 Å². The molecule has 2 aliphatic carbocycles. The second-order valence-corrected chi connectivity index (χ2v) is 11.0. The van der Waals surface area contributed by atoms with Crippen LogP contribution in [0.25, 0.3) is 0 Å². The Morgan fingerprint density at radius 2 is 1.92 bits per heavy atom. The minimum Gasteiger partial charge on any atom is -0.542 e. The van der Waals surface area contributed by atoms with Gasteiger partial charge in [-0.1, -0.05) is 64.4 Å². The van der Waals surface area contributed by atoms with E-state index in [1.165, 1.54) is 24.2 Å². The Bertz CT molecular complexity index is 924. The van der Waals surface area contributed by atoms with E-state index in [-0.39, 0.29) is 43.1 Å². The van der Waals surface area contributed by atoms with Gasteiger partial charge in [-0.05, 0) is 23.6 Å². The Morgan fingerprint density at radius 1 is 1.28 bits per heavy atom. The van der Waals surface area contributed by atoms with Crippen molar-refractivity contribution < 1.29 is 38.4 Å². The summed E-state index contributed by atoms with van der Waals surface area (Å²) < 4.78 is 0. The van der Waals surface area contributed by atoms with Gasteiger partial charge in [0.15, 0.2) is 0 Å². The Kier molecular flexibility index (Phi) is 10.9. The van der Waals surface area contributed by atoms with Crippen LogP contribution in [0.4, 0.5) is 0 Å². The molecular formula is C29H41LiN2O4-2. The van der Waals surface area contributed by atoms with Gasteiger partial charge < -0.3 is 33.5 Å². The van der Waals surface area contributed by atoms with Crippen LogP contribution in [-0.4, -0.2) is 59.2 Å². The van der Waals surface area contributed by atoms with E-state index >= 15 is 0 Å². The number of amides is 2. The number of rotatable bonds is 8. The SMILES string of the molecule is CC([C-]=O)CC1CCC1.[CH2-]C[C@@](O)(CN1Cc2c(C(=O)N(C)C)cccc2C1=O)C1([CH2-])CCCC1.[Li+]. The van der Waals surface area contributed by atoms with E-state index in [0.29, 0.717) is 24.1 Å². The van der Waals surface area contributed by atoms with Crippen molar-refractivity contribution >= 4 is 18.1 Å². The van der Waals surface area contributed by atoms with E-state index in [4.69, 9.17) is 0 Å². The first-order chi connectivity index (χ1) is 16.5. The largest absolute Gasteiger partial charge is 1.00 e. The summed E-state index contributed by atoms with van der Waals surface area (Å²) in [4.78, 5) is 38.6.